The van der Waals surface area contributed by atoms with Gasteiger partial charge in [0.2, 0.25) is 5.91 Å². The lowest BCUT2D eigenvalue weighted by molar-refractivity contribution is -0.119. The first-order valence-electron chi connectivity index (χ1n) is 6.47. The van der Waals surface area contributed by atoms with Gasteiger partial charge in [-0.25, -0.2) is 0 Å². The fourth-order valence-electron chi connectivity index (χ4n) is 3.16. The molecule has 16 heavy (non-hydrogen) atoms. The first-order chi connectivity index (χ1) is 7.68. The van der Waals surface area contributed by atoms with Gasteiger partial charge in [0.15, 0.2) is 0 Å². The zero-order valence-electron chi connectivity index (χ0n) is 10.0. The Labute approximate surface area is 97.3 Å². The molecule has 92 valence electrons. The molecule has 1 heterocycles. The molecule has 4 atom stereocenters. The number of hydrogen-bond donors (Lipinski definition) is 3. The van der Waals surface area contributed by atoms with Crippen LogP contribution < -0.4 is 16.4 Å². The lowest BCUT2D eigenvalue weighted by Crippen LogP contribution is -2.49. The Morgan fingerprint density at radius 1 is 1.38 bits per heavy atom. The zero-order chi connectivity index (χ0) is 11.5. The van der Waals surface area contributed by atoms with Crippen LogP contribution in [0.4, 0.5) is 0 Å². The van der Waals surface area contributed by atoms with Crippen LogP contribution in [0.25, 0.3) is 0 Å². The van der Waals surface area contributed by atoms with Gasteiger partial charge in [-0.05, 0) is 45.1 Å². The van der Waals surface area contributed by atoms with E-state index in [1.807, 2.05) is 6.92 Å². The molecule has 0 aromatic carbocycles. The van der Waals surface area contributed by atoms with Gasteiger partial charge in [0, 0.05) is 12.1 Å². The second-order valence-corrected chi connectivity index (χ2v) is 5.19. The van der Waals surface area contributed by atoms with Crippen molar-refractivity contribution in [3.63, 3.8) is 0 Å². The van der Waals surface area contributed by atoms with E-state index in [4.69, 9.17) is 5.73 Å². The molecule has 4 nitrogen and oxygen atoms in total. The lowest BCUT2D eigenvalue weighted by Gasteiger charge is -2.28. The number of primary amides is 1. The summed E-state index contributed by atoms with van der Waals surface area (Å²) in [7, 11) is 0. The molecular formula is C12H23N3O. The minimum Gasteiger partial charge on any atom is -0.368 e. The van der Waals surface area contributed by atoms with Crippen molar-refractivity contribution >= 4 is 5.91 Å². The predicted molar refractivity (Wildman–Crippen MR) is 63.9 cm³/mol. The number of amides is 1. The Kier molecular flexibility index (Phi) is 3.82. The molecule has 4 heteroatoms. The summed E-state index contributed by atoms with van der Waals surface area (Å²) in [5.74, 6) is 0.439. The second-order valence-electron chi connectivity index (χ2n) is 5.19. The van der Waals surface area contributed by atoms with E-state index < -0.39 is 0 Å². The number of hydrogen-bond acceptors (Lipinski definition) is 3. The summed E-state index contributed by atoms with van der Waals surface area (Å²) in [5.41, 5.74) is 5.30. The molecule has 1 saturated carbocycles. The summed E-state index contributed by atoms with van der Waals surface area (Å²) in [6.07, 6.45) is 6.31. The summed E-state index contributed by atoms with van der Waals surface area (Å²) < 4.78 is 0. The molecule has 2 aliphatic rings. The normalized spacial score (nSPS) is 36.4. The molecule has 0 aromatic heterocycles. The zero-order valence-corrected chi connectivity index (χ0v) is 10.0. The Hall–Kier alpha value is -0.610. The van der Waals surface area contributed by atoms with Gasteiger partial charge < -0.3 is 16.4 Å². The molecule has 0 spiro atoms. The number of carbonyl (C=O) groups is 1. The highest BCUT2D eigenvalue weighted by atomic mass is 16.1. The summed E-state index contributed by atoms with van der Waals surface area (Å²) in [4.78, 5) is 11.1. The molecule has 1 amide bonds. The van der Waals surface area contributed by atoms with E-state index in [0.29, 0.717) is 18.0 Å². The quantitative estimate of drug-likeness (QED) is 0.647. The van der Waals surface area contributed by atoms with Crippen LogP contribution in [0, 0.1) is 5.92 Å². The Balaban J connectivity index is 1.89. The highest BCUT2D eigenvalue weighted by Gasteiger charge is 2.35. The van der Waals surface area contributed by atoms with Crippen LogP contribution in [0.2, 0.25) is 0 Å². The van der Waals surface area contributed by atoms with Crippen LogP contribution in [0.1, 0.15) is 39.0 Å². The molecular weight excluding hydrogens is 202 g/mol. The Morgan fingerprint density at radius 3 is 2.81 bits per heavy atom. The molecule has 4 N–H and O–H groups in total. The standard InChI is InChI=1S/C12H23N3O/c1-8(12(13)16)15-11-5-2-4-9(11)10-6-3-7-14-10/h8-11,14-15H,2-7H2,1H3,(H2,13,16). The van der Waals surface area contributed by atoms with Gasteiger partial charge in [0.05, 0.1) is 6.04 Å². The van der Waals surface area contributed by atoms with E-state index in [-0.39, 0.29) is 11.9 Å². The van der Waals surface area contributed by atoms with Crippen LogP contribution in [-0.4, -0.2) is 30.6 Å². The molecule has 0 radical (unpaired) electrons. The van der Waals surface area contributed by atoms with E-state index in [1.54, 1.807) is 0 Å². The summed E-state index contributed by atoms with van der Waals surface area (Å²) in [5, 5.41) is 6.97. The molecule has 0 bridgehead atoms. The molecule has 4 unspecified atom stereocenters. The molecule has 1 saturated heterocycles. The maximum absolute atomic E-state index is 11.1. The summed E-state index contributed by atoms with van der Waals surface area (Å²) in [6, 6.07) is 0.921. The number of nitrogens with two attached hydrogens (primary N) is 1. The van der Waals surface area contributed by atoms with Gasteiger partial charge in [-0.15, -0.1) is 0 Å². The van der Waals surface area contributed by atoms with Crippen molar-refractivity contribution in [1.29, 1.82) is 0 Å². The highest BCUT2D eigenvalue weighted by Crippen LogP contribution is 2.32. The third-order valence-electron chi connectivity index (χ3n) is 4.08. The van der Waals surface area contributed by atoms with Crippen molar-refractivity contribution in [2.24, 2.45) is 11.7 Å². The summed E-state index contributed by atoms with van der Waals surface area (Å²) >= 11 is 0. The fraction of sp³-hybridized carbons (Fsp3) is 0.917. The monoisotopic (exact) mass is 225 g/mol. The van der Waals surface area contributed by atoms with E-state index >= 15 is 0 Å². The average molecular weight is 225 g/mol. The highest BCUT2D eigenvalue weighted by molar-refractivity contribution is 5.79. The molecule has 0 aromatic rings. The van der Waals surface area contributed by atoms with Crippen LogP contribution in [0.15, 0.2) is 0 Å². The minimum atomic E-state index is -0.245. The summed E-state index contributed by atoms with van der Waals surface area (Å²) in [6.45, 7) is 3.01. The van der Waals surface area contributed by atoms with Crippen molar-refractivity contribution < 1.29 is 4.79 Å². The Morgan fingerprint density at radius 2 is 2.19 bits per heavy atom. The molecule has 1 aliphatic heterocycles. The third-order valence-corrected chi connectivity index (χ3v) is 4.08. The van der Waals surface area contributed by atoms with E-state index in [9.17, 15) is 4.79 Å². The van der Waals surface area contributed by atoms with Gasteiger partial charge >= 0.3 is 0 Å². The smallest absolute Gasteiger partial charge is 0.234 e. The maximum atomic E-state index is 11.1. The van der Waals surface area contributed by atoms with Crippen LogP contribution in [-0.2, 0) is 4.79 Å². The first-order valence-corrected chi connectivity index (χ1v) is 6.47. The SMILES string of the molecule is CC(NC1CCCC1C1CCCN1)C(N)=O. The van der Waals surface area contributed by atoms with Gasteiger partial charge in [0.25, 0.3) is 0 Å². The number of carbonyl (C=O) groups excluding carboxylic acids is 1. The molecule has 2 fully saturated rings. The fourth-order valence-corrected chi connectivity index (χ4v) is 3.16. The van der Waals surface area contributed by atoms with Crippen molar-refractivity contribution in [3.05, 3.63) is 0 Å². The second kappa shape index (κ2) is 5.15. The van der Waals surface area contributed by atoms with Crippen LogP contribution in [0.5, 0.6) is 0 Å². The predicted octanol–water partition coefficient (Wildman–Crippen LogP) is 0.371. The average Bonchev–Trinajstić information content (AvgIpc) is 2.85. The Bertz CT molecular complexity index is 251. The van der Waals surface area contributed by atoms with Crippen LogP contribution in [0.3, 0.4) is 0 Å². The van der Waals surface area contributed by atoms with E-state index in [0.717, 1.165) is 6.54 Å². The number of nitrogens with one attached hydrogen (secondary N) is 2. The minimum absolute atomic E-state index is 0.202. The first kappa shape index (κ1) is 11.9. The third kappa shape index (κ3) is 2.55. The topological polar surface area (TPSA) is 67.2 Å². The van der Waals surface area contributed by atoms with Gasteiger partial charge in [-0.2, -0.15) is 0 Å². The van der Waals surface area contributed by atoms with E-state index in [1.165, 1.54) is 32.1 Å². The molecule has 2 rings (SSSR count). The lowest BCUT2D eigenvalue weighted by atomic mass is 9.92. The van der Waals surface area contributed by atoms with Crippen LogP contribution >= 0.6 is 0 Å². The van der Waals surface area contributed by atoms with E-state index in [2.05, 4.69) is 10.6 Å². The maximum Gasteiger partial charge on any atom is 0.234 e. The van der Waals surface area contributed by atoms with Crippen molar-refractivity contribution in [1.82, 2.24) is 10.6 Å². The van der Waals surface area contributed by atoms with Crippen molar-refractivity contribution in [3.8, 4) is 0 Å². The van der Waals surface area contributed by atoms with Gasteiger partial charge in [-0.3, -0.25) is 4.79 Å². The largest absolute Gasteiger partial charge is 0.368 e. The van der Waals surface area contributed by atoms with Gasteiger partial charge in [-0.1, -0.05) is 6.42 Å². The van der Waals surface area contributed by atoms with Crippen molar-refractivity contribution in [2.75, 3.05) is 6.54 Å². The van der Waals surface area contributed by atoms with Gasteiger partial charge in [0.1, 0.15) is 0 Å². The number of rotatable bonds is 4. The molecule has 1 aliphatic carbocycles. The van der Waals surface area contributed by atoms with Crippen molar-refractivity contribution in [2.45, 2.75) is 57.2 Å².